The van der Waals surface area contributed by atoms with Crippen LogP contribution in [0.1, 0.15) is 15.6 Å². The van der Waals surface area contributed by atoms with Crippen LogP contribution in [0.2, 0.25) is 0 Å². The summed E-state index contributed by atoms with van der Waals surface area (Å²) < 4.78 is 3.67. The first-order valence-corrected chi connectivity index (χ1v) is 6.78. The topological polar surface area (TPSA) is 30.7 Å². The monoisotopic (exact) mass is 349 g/mol. The molecule has 0 aliphatic carbocycles. The van der Waals surface area contributed by atoms with E-state index in [1.807, 2.05) is 17.7 Å². The third-order valence-electron chi connectivity index (χ3n) is 2.06. The van der Waals surface area contributed by atoms with Gasteiger partial charge in [-0.25, -0.2) is 4.98 Å². The van der Waals surface area contributed by atoms with Crippen molar-refractivity contribution in [2.24, 2.45) is 0 Å². The quantitative estimate of drug-likeness (QED) is 0.829. The lowest BCUT2D eigenvalue weighted by atomic mass is 10.4. The number of aryl methyl sites for hydroxylation is 2. The summed E-state index contributed by atoms with van der Waals surface area (Å²) in [7, 11) is 0. The minimum absolute atomic E-state index is 0.714. The van der Waals surface area contributed by atoms with Gasteiger partial charge in [0.25, 0.3) is 0 Å². The Morgan fingerprint density at radius 3 is 2.60 bits per heavy atom. The summed E-state index contributed by atoms with van der Waals surface area (Å²) in [5.41, 5.74) is 1.11. The largest absolute Gasteiger partial charge is 0.250 e. The molecule has 2 aromatic rings. The summed E-state index contributed by atoms with van der Waals surface area (Å²) in [6.07, 6.45) is 0. The Hall–Kier alpha value is -0.200. The van der Waals surface area contributed by atoms with Gasteiger partial charge < -0.3 is 0 Å². The molecule has 2 heterocycles. The fourth-order valence-corrected chi connectivity index (χ4v) is 3.26. The summed E-state index contributed by atoms with van der Waals surface area (Å²) >= 11 is 8.50. The number of nitrogens with zero attached hydrogens (tertiary/aromatic N) is 3. The zero-order valence-corrected chi connectivity index (χ0v) is 12.3. The Morgan fingerprint density at radius 1 is 1.40 bits per heavy atom. The average molecular weight is 351 g/mol. The molecule has 0 unspecified atom stereocenters. The fourth-order valence-electron chi connectivity index (χ4n) is 1.21. The van der Waals surface area contributed by atoms with Crippen molar-refractivity contribution >= 4 is 43.2 Å². The van der Waals surface area contributed by atoms with E-state index in [2.05, 4.69) is 48.9 Å². The molecule has 0 saturated carbocycles. The van der Waals surface area contributed by atoms with Gasteiger partial charge in [0.05, 0.1) is 12.2 Å². The standard InChI is InChI=1S/C9H9Br2N3S/c1-5-6(2)15-9(12-5)4-14-8(11)3-7(10)13-14/h3H,4H2,1-2H3. The van der Waals surface area contributed by atoms with Crippen LogP contribution in [0.3, 0.4) is 0 Å². The molecule has 6 heteroatoms. The van der Waals surface area contributed by atoms with Gasteiger partial charge in [-0.1, -0.05) is 0 Å². The van der Waals surface area contributed by atoms with E-state index in [1.54, 1.807) is 11.3 Å². The van der Waals surface area contributed by atoms with Crippen LogP contribution in [0.4, 0.5) is 0 Å². The number of rotatable bonds is 2. The molecule has 80 valence electrons. The van der Waals surface area contributed by atoms with Crippen molar-refractivity contribution in [3.8, 4) is 0 Å². The molecule has 3 nitrogen and oxygen atoms in total. The van der Waals surface area contributed by atoms with E-state index in [0.29, 0.717) is 6.54 Å². The highest BCUT2D eigenvalue weighted by Crippen LogP contribution is 2.21. The van der Waals surface area contributed by atoms with Crippen molar-refractivity contribution in [1.82, 2.24) is 14.8 Å². The minimum Gasteiger partial charge on any atom is -0.250 e. The molecule has 0 aliphatic rings. The van der Waals surface area contributed by atoms with Crippen LogP contribution >= 0.6 is 43.2 Å². The predicted octanol–water partition coefficient (Wildman–Crippen LogP) is 3.53. The van der Waals surface area contributed by atoms with E-state index in [1.165, 1.54) is 4.88 Å². The van der Waals surface area contributed by atoms with Gasteiger partial charge in [-0.05, 0) is 45.7 Å². The Kier molecular flexibility index (Phi) is 3.27. The highest BCUT2D eigenvalue weighted by Gasteiger charge is 2.08. The molecular weight excluding hydrogens is 342 g/mol. The Bertz CT molecular complexity index is 470. The van der Waals surface area contributed by atoms with Gasteiger partial charge in [-0.2, -0.15) is 5.10 Å². The SMILES string of the molecule is Cc1nc(Cn2nc(Br)cc2Br)sc1C. The molecule has 0 atom stereocenters. The van der Waals surface area contributed by atoms with Crippen molar-refractivity contribution in [3.05, 3.63) is 30.9 Å². The number of hydrogen-bond acceptors (Lipinski definition) is 3. The summed E-state index contributed by atoms with van der Waals surface area (Å²) in [5.74, 6) is 0. The molecule has 2 aromatic heterocycles. The molecule has 15 heavy (non-hydrogen) atoms. The molecular formula is C9H9Br2N3S. The van der Waals surface area contributed by atoms with Crippen molar-refractivity contribution in [2.75, 3.05) is 0 Å². The first-order valence-electron chi connectivity index (χ1n) is 4.38. The average Bonchev–Trinajstić information content (AvgIpc) is 2.59. The van der Waals surface area contributed by atoms with Crippen molar-refractivity contribution in [2.45, 2.75) is 20.4 Å². The number of halogens is 2. The molecule has 0 amide bonds. The van der Waals surface area contributed by atoms with Crippen molar-refractivity contribution in [3.63, 3.8) is 0 Å². The van der Waals surface area contributed by atoms with Crippen LogP contribution in [0.5, 0.6) is 0 Å². The van der Waals surface area contributed by atoms with E-state index in [4.69, 9.17) is 0 Å². The highest BCUT2D eigenvalue weighted by atomic mass is 79.9. The predicted molar refractivity (Wildman–Crippen MR) is 68.3 cm³/mol. The number of aromatic nitrogens is 3. The van der Waals surface area contributed by atoms with Gasteiger partial charge in [0.15, 0.2) is 0 Å². The molecule has 0 spiro atoms. The zero-order chi connectivity index (χ0) is 11.0. The second-order valence-electron chi connectivity index (χ2n) is 3.20. The van der Waals surface area contributed by atoms with Gasteiger partial charge in [0.1, 0.15) is 14.2 Å². The second kappa shape index (κ2) is 4.35. The van der Waals surface area contributed by atoms with Crippen LogP contribution < -0.4 is 0 Å². The molecule has 0 N–H and O–H groups in total. The third-order valence-corrected chi connectivity index (χ3v) is 4.14. The molecule has 0 bridgehead atoms. The van der Waals surface area contributed by atoms with Gasteiger partial charge in [-0.15, -0.1) is 11.3 Å². The normalized spacial score (nSPS) is 10.9. The Balaban J connectivity index is 2.25. The molecule has 0 saturated heterocycles. The molecule has 2 rings (SSSR count). The van der Waals surface area contributed by atoms with Crippen LogP contribution in [0, 0.1) is 13.8 Å². The second-order valence-corrected chi connectivity index (χ2v) is 6.11. The van der Waals surface area contributed by atoms with Crippen LogP contribution in [0.25, 0.3) is 0 Å². The highest BCUT2D eigenvalue weighted by molar-refractivity contribution is 9.11. The Morgan fingerprint density at radius 2 is 2.13 bits per heavy atom. The van der Waals surface area contributed by atoms with Gasteiger partial charge in [0, 0.05) is 10.9 Å². The smallest absolute Gasteiger partial charge is 0.129 e. The van der Waals surface area contributed by atoms with E-state index >= 15 is 0 Å². The summed E-state index contributed by atoms with van der Waals surface area (Å²) in [5, 5.41) is 5.38. The maximum atomic E-state index is 4.48. The van der Waals surface area contributed by atoms with E-state index in [0.717, 1.165) is 19.9 Å². The summed E-state index contributed by atoms with van der Waals surface area (Å²) in [6.45, 7) is 4.83. The maximum absolute atomic E-state index is 4.48. The van der Waals surface area contributed by atoms with Crippen LogP contribution in [-0.2, 0) is 6.54 Å². The lowest BCUT2D eigenvalue weighted by molar-refractivity contribution is 0.663. The first-order chi connectivity index (χ1) is 7.06. The van der Waals surface area contributed by atoms with Crippen molar-refractivity contribution < 1.29 is 0 Å². The fraction of sp³-hybridized carbons (Fsp3) is 0.333. The molecule has 0 aromatic carbocycles. The van der Waals surface area contributed by atoms with Crippen LogP contribution in [-0.4, -0.2) is 14.8 Å². The van der Waals surface area contributed by atoms with Crippen molar-refractivity contribution in [1.29, 1.82) is 0 Å². The number of hydrogen-bond donors (Lipinski definition) is 0. The van der Waals surface area contributed by atoms with Gasteiger partial charge in [0.2, 0.25) is 0 Å². The van der Waals surface area contributed by atoms with Gasteiger partial charge in [-0.3, -0.25) is 4.68 Å². The Labute approximate surface area is 109 Å². The van der Waals surface area contributed by atoms with Gasteiger partial charge >= 0.3 is 0 Å². The first kappa shape index (κ1) is 11.3. The maximum Gasteiger partial charge on any atom is 0.129 e. The molecule has 0 radical (unpaired) electrons. The minimum atomic E-state index is 0.714. The molecule has 0 aliphatic heterocycles. The number of thiazole rings is 1. The summed E-state index contributed by atoms with van der Waals surface area (Å²) in [4.78, 5) is 5.75. The third kappa shape index (κ3) is 2.49. The van der Waals surface area contributed by atoms with E-state index in [9.17, 15) is 0 Å². The van der Waals surface area contributed by atoms with E-state index in [-0.39, 0.29) is 0 Å². The lowest BCUT2D eigenvalue weighted by Crippen LogP contribution is -2.01. The zero-order valence-electron chi connectivity index (χ0n) is 8.29. The lowest BCUT2D eigenvalue weighted by Gasteiger charge is -1.98. The van der Waals surface area contributed by atoms with E-state index < -0.39 is 0 Å². The summed E-state index contributed by atoms with van der Waals surface area (Å²) in [6, 6.07) is 1.92. The van der Waals surface area contributed by atoms with Crippen LogP contribution in [0.15, 0.2) is 15.3 Å². The molecule has 0 fully saturated rings.